The Labute approximate surface area is 175 Å². The van der Waals surface area contributed by atoms with Crippen molar-refractivity contribution in [3.8, 4) is 0 Å². The first-order valence-electron chi connectivity index (χ1n) is 9.06. The van der Waals surface area contributed by atoms with Crippen LogP contribution in [0.3, 0.4) is 0 Å². The molecule has 0 spiro atoms. The topological polar surface area (TPSA) is 70.6 Å². The molecule has 2 heterocycles. The number of anilines is 1. The maximum Gasteiger partial charge on any atom is 0.225 e. The van der Waals surface area contributed by atoms with Crippen LogP contribution in [-0.4, -0.2) is 47.0 Å². The highest BCUT2D eigenvalue weighted by atomic mass is 127. The van der Waals surface area contributed by atoms with Gasteiger partial charge in [-0.15, -0.1) is 24.0 Å². The van der Waals surface area contributed by atoms with E-state index in [4.69, 9.17) is 5.73 Å². The summed E-state index contributed by atoms with van der Waals surface area (Å²) in [6.07, 6.45) is 5.83. The fourth-order valence-corrected chi connectivity index (χ4v) is 3.22. The van der Waals surface area contributed by atoms with E-state index in [9.17, 15) is 4.39 Å². The van der Waals surface area contributed by atoms with Gasteiger partial charge in [-0.25, -0.2) is 19.4 Å². The molecule has 0 bridgehead atoms. The number of benzene rings is 1. The molecule has 2 fully saturated rings. The summed E-state index contributed by atoms with van der Waals surface area (Å²) in [5.41, 5.74) is 7.81. The van der Waals surface area contributed by atoms with Crippen molar-refractivity contribution in [2.45, 2.75) is 25.3 Å². The maximum atomic E-state index is 14.2. The minimum atomic E-state index is -0.183. The smallest absolute Gasteiger partial charge is 0.225 e. The molecule has 2 N–H and O–H groups in total. The Balaban J connectivity index is 0.00000210. The van der Waals surface area contributed by atoms with E-state index < -0.39 is 0 Å². The highest BCUT2D eigenvalue weighted by Crippen LogP contribution is 2.40. The number of rotatable bonds is 4. The Morgan fingerprint density at radius 1 is 1.15 bits per heavy atom. The summed E-state index contributed by atoms with van der Waals surface area (Å²) in [6.45, 7) is 3.33. The minimum Gasteiger partial charge on any atom is -0.370 e. The third kappa shape index (κ3) is 4.85. The summed E-state index contributed by atoms with van der Waals surface area (Å²) in [5, 5.41) is 0. The monoisotopic (exact) mass is 482 g/mol. The first-order valence-corrected chi connectivity index (χ1v) is 9.06. The predicted octanol–water partition coefficient (Wildman–Crippen LogP) is 2.75. The molecule has 27 heavy (non-hydrogen) atoms. The molecule has 0 atom stereocenters. The molecular weight excluding hydrogens is 458 g/mol. The van der Waals surface area contributed by atoms with Crippen molar-refractivity contribution in [1.82, 2.24) is 14.9 Å². The molecular formula is C19H24FIN6. The number of aromatic nitrogens is 2. The van der Waals surface area contributed by atoms with Gasteiger partial charge in [0.25, 0.3) is 0 Å². The molecule has 0 radical (unpaired) electrons. The number of nitrogens with two attached hydrogens (primary N) is 1. The Hall–Kier alpha value is -1.97. The number of piperazine rings is 1. The molecule has 0 amide bonds. The van der Waals surface area contributed by atoms with Crippen LogP contribution in [0.5, 0.6) is 0 Å². The Kier molecular flexibility index (Phi) is 6.46. The van der Waals surface area contributed by atoms with Gasteiger partial charge in [-0.2, -0.15) is 0 Å². The van der Waals surface area contributed by atoms with Gasteiger partial charge in [0.2, 0.25) is 5.95 Å². The number of guanidine groups is 1. The molecule has 6 nitrogen and oxygen atoms in total. The van der Waals surface area contributed by atoms with Crippen molar-refractivity contribution in [2.75, 3.05) is 31.1 Å². The standard InChI is InChI=1S/C19H23FN6.HI/c20-17-12-15(14-2-3-14)4-5-16(17)13-24-18(21)25-8-10-26(11-9-25)19-22-6-1-7-23-19;/h1,4-7,12,14H,2-3,8-11,13H2,(H2,21,24);1H. The van der Waals surface area contributed by atoms with Crippen LogP contribution in [0.25, 0.3) is 0 Å². The Bertz CT molecular complexity index is 788. The molecule has 1 aromatic carbocycles. The molecule has 1 aliphatic carbocycles. The summed E-state index contributed by atoms with van der Waals surface area (Å²) >= 11 is 0. The largest absolute Gasteiger partial charge is 0.370 e. The second-order valence-corrected chi connectivity index (χ2v) is 6.82. The van der Waals surface area contributed by atoms with Crippen LogP contribution in [0, 0.1) is 5.82 Å². The zero-order valence-corrected chi connectivity index (χ0v) is 17.4. The number of halogens is 2. The van der Waals surface area contributed by atoms with Gasteiger partial charge in [0.1, 0.15) is 5.82 Å². The van der Waals surface area contributed by atoms with E-state index in [0.717, 1.165) is 37.7 Å². The molecule has 2 aromatic rings. The second-order valence-electron chi connectivity index (χ2n) is 6.82. The molecule has 1 aromatic heterocycles. The lowest BCUT2D eigenvalue weighted by Crippen LogP contribution is -2.51. The van der Waals surface area contributed by atoms with Crippen LogP contribution in [0.4, 0.5) is 10.3 Å². The molecule has 4 rings (SSSR count). The molecule has 1 saturated carbocycles. The third-order valence-corrected chi connectivity index (χ3v) is 4.98. The van der Waals surface area contributed by atoms with E-state index in [1.54, 1.807) is 24.5 Å². The maximum absolute atomic E-state index is 14.2. The van der Waals surface area contributed by atoms with Crippen molar-refractivity contribution < 1.29 is 4.39 Å². The van der Waals surface area contributed by atoms with E-state index in [1.165, 1.54) is 12.8 Å². The van der Waals surface area contributed by atoms with E-state index in [2.05, 4.69) is 19.9 Å². The average Bonchev–Trinajstić information content (AvgIpc) is 3.53. The first-order chi connectivity index (χ1) is 12.7. The van der Waals surface area contributed by atoms with Gasteiger partial charge in [-0.1, -0.05) is 12.1 Å². The van der Waals surface area contributed by atoms with Crippen molar-refractivity contribution in [3.63, 3.8) is 0 Å². The van der Waals surface area contributed by atoms with Gasteiger partial charge < -0.3 is 15.5 Å². The lowest BCUT2D eigenvalue weighted by atomic mass is 10.1. The molecule has 144 valence electrons. The van der Waals surface area contributed by atoms with Crippen molar-refractivity contribution in [1.29, 1.82) is 0 Å². The minimum absolute atomic E-state index is 0. The van der Waals surface area contributed by atoms with Gasteiger partial charge in [0.15, 0.2) is 5.96 Å². The number of aliphatic imine (C=N–C) groups is 1. The molecule has 8 heteroatoms. The predicted molar refractivity (Wildman–Crippen MR) is 115 cm³/mol. The lowest BCUT2D eigenvalue weighted by Gasteiger charge is -2.35. The highest BCUT2D eigenvalue weighted by Gasteiger charge is 2.24. The normalized spacial score (nSPS) is 17.6. The quantitative estimate of drug-likeness (QED) is 0.413. The number of hydrogen-bond donors (Lipinski definition) is 1. The summed E-state index contributed by atoms with van der Waals surface area (Å²) in [6, 6.07) is 7.31. The fraction of sp³-hybridized carbons (Fsp3) is 0.421. The number of hydrogen-bond acceptors (Lipinski definition) is 4. The van der Waals surface area contributed by atoms with E-state index >= 15 is 0 Å². The molecule has 1 aliphatic heterocycles. The summed E-state index contributed by atoms with van der Waals surface area (Å²) in [4.78, 5) is 17.1. The third-order valence-electron chi connectivity index (χ3n) is 4.98. The zero-order chi connectivity index (χ0) is 17.9. The lowest BCUT2D eigenvalue weighted by molar-refractivity contribution is 0.378. The van der Waals surface area contributed by atoms with Crippen LogP contribution in [0.2, 0.25) is 0 Å². The number of nitrogens with zero attached hydrogens (tertiary/aromatic N) is 5. The van der Waals surface area contributed by atoms with Crippen molar-refractivity contribution in [2.24, 2.45) is 10.7 Å². The molecule has 0 unspecified atom stereocenters. The summed E-state index contributed by atoms with van der Waals surface area (Å²) in [5.74, 6) is 1.57. The van der Waals surface area contributed by atoms with Gasteiger partial charge in [0, 0.05) is 44.1 Å². The Morgan fingerprint density at radius 3 is 2.48 bits per heavy atom. The van der Waals surface area contributed by atoms with Crippen LogP contribution in [-0.2, 0) is 6.54 Å². The average molecular weight is 482 g/mol. The Morgan fingerprint density at radius 2 is 1.85 bits per heavy atom. The SMILES string of the molecule is I.NC(=NCc1ccc(C2CC2)cc1F)N1CCN(c2ncccn2)CC1. The van der Waals surface area contributed by atoms with Crippen LogP contribution < -0.4 is 10.6 Å². The van der Waals surface area contributed by atoms with Crippen LogP contribution in [0.1, 0.15) is 29.9 Å². The van der Waals surface area contributed by atoms with Gasteiger partial charge in [0.05, 0.1) is 6.54 Å². The van der Waals surface area contributed by atoms with E-state index in [1.807, 2.05) is 17.0 Å². The molecule has 2 aliphatic rings. The van der Waals surface area contributed by atoms with Crippen molar-refractivity contribution >= 4 is 35.9 Å². The zero-order valence-electron chi connectivity index (χ0n) is 15.1. The van der Waals surface area contributed by atoms with E-state index in [0.29, 0.717) is 17.4 Å². The fourth-order valence-electron chi connectivity index (χ4n) is 3.22. The highest BCUT2D eigenvalue weighted by molar-refractivity contribution is 14.0. The van der Waals surface area contributed by atoms with Gasteiger partial charge in [-0.3, -0.25) is 0 Å². The summed E-state index contributed by atoms with van der Waals surface area (Å²) in [7, 11) is 0. The molecule has 1 saturated heterocycles. The van der Waals surface area contributed by atoms with Crippen LogP contribution >= 0.6 is 24.0 Å². The van der Waals surface area contributed by atoms with Gasteiger partial charge in [-0.05, 0) is 36.5 Å². The first kappa shape index (κ1) is 19.8. The van der Waals surface area contributed by atoms with Crippen molar-refractivity contribution in [3.05, 3.63) is 53.6 Å². The van der Waals surface area contributed by atoms with Crippen LogP contribution in [0.15, 0.2) is 41.7 Å². The van der Waals surface area contributed by atoms with Gasteiger partial charge >= 0.3 is 0 Å². The van der Waals surface area contributed by atoms with E-state index in [-0.39, 0.29) is 36.3 Å². The summed E-state index contributed by atoms with van der Waals surface area (Å²) < 4.78 is 14.2. The second kappa shape index (κ2) is 8.81.